The van der Waals surface area contributed by atoms with E-state index in [0.29, 0.717) is 11.3 Å². The van der Waals surface area contributed by atoms with E-state index in [1.54, 1.807) is 12.1 Å². The van der Waals surface area contributed by atoms with Crippen molar-refractivity contribution < 1.29 is 9.53 Å². The third kappa shape index (κ3) is 3.62. The van der Waals surface area contributed by atoms with Gasteiger partial charge in [0.05, 0.1) is 12.7 Å². The number of nitrogens with zero attached hydrogens (tertiary/aromatic N) is 3. The smallest absolute Gasteiger partial charge is 0.337 e. The van der Waals surface area contributed by atoms with E-state index in [1.807, 2.05) is 54.6 Å². The Morgan fingerprint density at radius 1 is 1.04 bits per heavy atom. The molecule has 0 aliphatic heterocycles. The summed E-state index contributed by atoms with van der Waals surface area (Å²) in [5.41, 5.74) is 4.13. The third-order valence-electron chi connectivity index (χ3n) is 3.64. The van der Waals surface area contributed by atoms with Crippen molar-refractivity contribution in [3.05, 3.63) is 70.9 Å². The molecule has 25 heavy (non-hydrogen) atoms. The molecule has 2 aromatic carbocycles. The molecule has 6 heteroatoms. The van der Waals surface area contributed by atoms with Crippen LogP contribution in [-0.4, -0.2) is 28.5 Å². The van der Waals surface area contributed by atoms with Crippen LogP contribution >= 0.6 is 0 Å². The molecular weight excluding hydrogens is 316 g/mol. The fraction of sp³-hybridized carbons (Fsp3) is 0.0526. The van der Waals surface area contributed by atoms with Gasteiger partial charge >= 0.3 is 5.97 Å². The van der Waals surface area contributed by atoms with Gasteiger partial charge in [-0.05, 0) is 23.3 Å². The van der Waals surface area contributed by atoms with Crippen molar-refractivity contribution in [2.45, 2.75) is 0 Å². The Hall–Kier alpha value is -3.72. The fourth-order valence-electron chi connectivity index (χ4n) is 2.30. The van der Waals surface area contributed by atoms with E-state index in [0.717, 1.165) is 16.7 Å². The molecule has 6 nitrogen and oxygen atoms in total. The average molecular weight is 330 g/mol. The lowest BCUT2D eigenvalue weighted by Crippen LogP contribution is -2.00. The van der Waals surface area contributed by atoms with Crippen molar-refractivity contribution in [3.63, 3.8) is 0 Å². The normalized spacial score (nSPS) is 10.6. The molecule has 0 bridgehead atoms. The van der Waals surface area contributed by atoms with E-state index >= 15 is 0 Å². The minimum Gasteiger partial charge on any atom is -0.465 e. The van der Waals surface area contributed by atoms with Crippen LogP contribution in [0.4, 0.5) is 0 Å². The molecule has 122 valence electrons. The lowest BCUT2D eigenvalue weighted by atomic mass is 10.1. The standard InChI is InChI=1S/C19H14N4O2/c1-25-19(24)16-10-6-14(7-11-16)3-2-13-4-8-15(9-5-13)18-17(12-20)21-23-22-18/h2-11H,1H3,(H,21,22,23). The van der Waals surface area contributed by atoms with Crippen LogP contribution in [0.1, 0.15) is 27.2 Å². The minimum absolute atomic E-state index is 0.272. The molecule has 1 heterocycles. The molecule has 0 saturated heterocycles. The molecule has 0 fully saturated rings. The lowest BCUT2D eigenvalue weighted by Gasteiger charge is -2.00. The Morgan fingerprint density at radius 2 is 1.64 bits per heavy atom. The zero-order valence-electron chi connectivity index (χ0n) is 13.4. The van der Waals surface area contributed by atoms with E-state index in [1.165, 1.54) is 7.11 Å². The molecule has 1 aromatic heterocycles. The monoisotopic (exact) mass is 330 g/mol. The Balaban J connectivity index is 1.74. The van der Waals surface area contributed by atoms with Crippen LogP contribution in [0.25, 0.3) is 23.4 Å². The van der Waals surface area contributed by atoms with Crippen molar-refractivity contribution in [1.29, 1.82) is 5.26 Å². The maximum absolute atomic E-state index is 11.4. The molecule has 0 unspecified atom stereocenters. The van der Waals surface area contributed by atoms with Crippen LogP contribution < -0.4 is 0 Å². The van der Waals surface area contributed by atoms with Gasteiger partial charge in [0, 0.05) is 5.56 Å². The van der Waals surface area contributed by atoms with Gasteiger partial charge in [-0.1, -0.05) is 48.6 Å². The largest absolute Gasteiger partial charge is 0.465 e. The molecule has 0 spiro atoms. The zero-order chi connectivity index (χ0) is 17.6. The first-order valence-corrected chi connectivity index (χ1v) is 7.49. The number of hydrogen-bond donors (Lipinski definition) is 1. The first kappa shape index (κ1) is 16.1. The highest BCUT2D eigenvalue weighted by Gasteiger charge is 2.08. The van der Waals surface area contributed by atoms with Crippen molar-refractivity contribution in [2.75, 3.05) is 7.11 Å². The number of ether oxygens (including phenoxy) is 1. The van der Waals surface area contributed by atoms with E-state index in [4.69, 9.17) is 5.26 Å². The molecule has 3 rings (SSSR count). The van der Waals surface area contributed by atoms with Crippen LogP contribution in [-0.2, 0) is 4.74 Å². The second kappa shape index (κ2) is 7.23. The predicted molar refractivity (Wildman–Crippen MR) is 93.2 cm³/mol. The molecule has 0 radical (unpaired) electrons. The van der Waals surface area contributed by atoms with Crippen LogP contribution in [0.15, 0.2) is 48.5 Å². The summed E-state index contributed by atoms with van der Waals surface area (Å²) in [7, 11) is 1.36. The van der Waals surface area contributed by atoms with Crippen molar-refractivity contribution in [2.24, 2.45) is 0 Å². The van der Waals surface area contributed by atoms with Crippen LogP contribution in [0.2, 0.25) is 0 Å². The summed E-state index contributed by atoms with van der Waals surface area (Å²) < 4.78 is 4.67. The number of nitrogens with one attached hydrogen (secondary N) is 1. The highest BCUT2D eigenvalue weighted by molar-refractivity contribution is 5.89. The molecule has 0 atom stereocenters. The van der Waals surface area contributed by atoms with Gasteiger partial charge in [0.25, 0.3) is 0 Å². The predicted octanol–water partition coefficient (Wildman–Crippen LogP) is 3.30. The summed E-state index contributed by atoms with van der Waals surface area (Å²) in [6.07, 6.45) is 3.91. The van der Waals surface area contributed by atoms with E-state index in [2.05, 4.69) is 20.1 Å². The van der Waals surface area contributed by atoms with Gasteiger partial charge < -0.3 is 4.74 Å². The Bertz CT molecular complexity index is 948. The van der Waals surface area contributed by atoms with Gasteiger partial charge in [-0.2, -0.15) is 15.6 Å². The highest BCUT2D eigenvalue weighted by Crippen LogP contribution is 2.20. The summed E-state index contributed by atoms with van der Waals surface area (Å²) in [6.45, 7) is 0. The number of aromatic nitrogens is 3. The van der Waals surface area contributed by atoms with Crippen molar-refractivity contribution in [3.8, 4) is 17.3 Å². The fourth-order valence-corrected chi connectivity index (χ4v) is 2.30. The average Bonchev–Trinajstić information content (AvgIpc) is 3.15. The summed E-state index contributed by atoms with van der Waals surface area (Å²) in [5.74, 6) is -0.351. The molecule has 0 saturated carbocycles. The quantitative estimate of drug-likeness (QED) is 0.585. The Morgan fingerprint density at radius 3 is 2.20 bits per heavy atom. The molecular formula is C19H14N4O2. The summed E-state index contributed by atoms with van der Waals surface area (Å²) in [6, 6.07) is 16.8. The first-order chi connectivity index (χ1) is 12.2. The van der Waals surface area contributed by atoms with E-state index in [-0.39, 0.29) is 11.7 Å². The summed E-state index contributed by atoms with van der Waals surface area (Å²) in [4.78, 5) is 11.4. The van der Waals surface area contributed by atoms with Gasteiger partial charge in [-0.25, -0.2) is 4.79 Å². The molecule has 0 amide bonds. The number of methoxy groups -OCH3 is 1. The molecule has 0 aliphatic carbocycles. The zero-order valence-corrected chi connectivity index (χ0v) is 13.4. The van der Waals surface area contributed by atoms with E-state index < -0.39 is 0 Å². The van der Waals surface area contributed by atoms with Crippen molar-refractivity contribution >= 4 is 18.1 Å². The second-order valence-electron chi connectivity index (χ2n) is 5.20. The Kier molecular flexibility index (Phi) is 4.67. The SMILES string of the molecule is COC(=O)c1ccc(C=Cc2ccc(-c3n[nH]nc3C#N)cc2)cc1. The van der Waals surface area contributed by atoms with E-state index in [9.17, 15) is 4.79 Å². The number of H-pyrrole nitrogens is 1. The number of carbonyl (C=O) groups is 1. The van der Waals surface area contributed by atoms with Gasteiger partial charge in [-0.15, -0.1) is 5.10 Å². The highest BCUT2D eigenvalue weighted by atomic mass is 16.5. The number of hydrogen-bond acceptors (Lipinski definition) is 5. The first-order valence-electron chi connectivity index (χ1n) is 7.49. The third-order valence-corrected chi connectivity index (χ3v) is 3.64. The number of aromatic amines is 1. The van der Waals surface area contributed by atoms with Gasteiger partial charge in [0.15, 0.2) is 5.69 Å². The number of carbonyl (C=O) groups excluding carboxylic acids is 1. The molecule has 1 N–H and O–H groups in total. The number of rotatable bonds is 4. The topological polar surface area (TPSA) is 91.7 Å². The maximum atomic E-state index is 11.4. The lowest BCUT2D eigenvalue weighted by molar-refractivity contribution is 0.0600. The maximum Gasteiger partial charge on any atom is 0.337 e. The molecule has 3 aromatic rings. The number of benzene rings is 2. The summed E-state index contributed by atoms with van der Waals surface area (Å²) >= 11 is 0. The van der Waals surface area contributed by atoms with Gasteiger partial charge in [-0.3, -0.25) is 0 Å². The van der Waals surface area contributed by atoms with Crippen molar-refractivity contribution in [1.82, 2.24) is 15.4 Å². The second-order valence-corrected chi connectivity index (χ2v) is 5.20. The van der Waals surface area contributed by atoms with Crippen LogP contribution in [0, 0.1) is 11.3 Å². The molecule has 0 aliphatic rings. The van der Waals surface area contributed by atoms with Crippen LogP contribution in [0.3, 0.4) is 0 Å². The Labute approximate surface area is 144 Å². The van der Waals surface area contributed by atoms with Gasteiger partial charge in [0.1, 0.15) is 11.8 Å². The van der Waals surface area contributed by atoms with Gasteiger partial charge in [0.2, 0.25) is 0 Å². The number of nitriles is 1. The minimum atomic E-state index is -0.351. The van der Waals surface area contributed by atoms with Crippen LogP contribution in [0.5, 0.6) is 0 Å². The number of esters is 1. The summed E-state index contributed by atoms with van der Waals surface area (Å²) in [5, 5.41) is 19.2.